The molecule has 0 aliphatic rings. The first kappa shape index (κ1) is 16.3. The molecular formula is C16H27N3O. The molecule has 0 aromatic heterocycles. The summed E-state index contributed by atoms with van der Waals surface area (Å²) in [6.45, 7) is 3.67. The SMILES string of the molecule is CCCCN(C)C(=O)CCNc1ccc(N(C)C)cc1. The lowest BCUT2D eigenvalue weighted by Gasteiger charge is -2.17. The molecule has 0 heterocycles. The van der Waals surface area contributed by atoms with Crippen LogP contribution in [0.5, 0.6) is 0 Å². The third-order valence-electron chi connectivity index (χ3n) is 3.32. The molecule has 0 fully saturated rings. The molecule has 0 bridgehead atoms. The Bertz CT molecular complexity index is 401. The van der Waals surface area contributed by atoms with E-state index in [-0.39, 0.29) is 5.91 Å². The molecule has 0 saturated heterocycles. The maximum absolute atomic E-state index is 11.9. The van der Waals surface area contributed by atoms with Crippen LogP contribution in [0.2, 0.25) is 0 Å². The summed E-state index contributed by atoms with van der Waals surface area (Å²) in [4.78, 5) is 15.7. The van der Waals surface area contributed by atoms with Gasteiger partial charge in [0.15, 0.2) is 0 Å². The fourth-order valence-electron chi connectivity index (χ4n) is 1.90. The van der Waals surface area contributed by atoms with Gasteiger partial charge >= 0.3 is 0 Å². The van der Waals surface area contributed by atoms with Crippen molar-refractivity contribution in [2.24, 2.45) is 0 Å². The first-order valence-corrected chi connectivity index (χ1v) is 7.29. The van der Waals surface area contributed by atoms with Crippen LogP contribution in [0.1, 0.15) is 26.2 Å². The molecule has 4 nitrogen and oxygen atoms in total. The van der Waals surface area contributed by atoms with E-state index in [0.717, 1.165) is 25.1 Å². The van der Waals surface area contributed by atoms with Crippen LogP contribution in [0.3, 0.4) is 0 Å². The van der Waals surface area contributed by atoms with E-state index in [0.29, 0.717) is 13.0 Å². The van der Waals surface area contributed by atoms with Crippen molar-refractivity contribution in [2.75, 3.05) is 44.4 Å². The fourth-order valence-corrected chi connectivity index (χ4v) is 1.90. The monoisotopic (exact) mass is 277 g/mol. The van der Waals surface area contributed by atoms with Gasteiger partial charge in [-0.15, -0.1) is 0 Å². The van der Waals surface area contributed by atoms with E-state index in [1.165, 1.54) is 5.69 Å². The van der Waals surface area contributed by atoms with Gasteiger partial charge in [0.1, 0.15) is 0 Å². The summed E-state index contributed by atoms with van der Waals surface area (Å²) in [7, 11) is 5.92. The fraction of sp³-hybridized carbons (Fsp3) is 0.562. The van der Waals surface area contributed by atoms with Crippen LogP contribution in [-0.4, -0.2) is 45.0 Å². The standard InChI is InChI=1S/C16H27N3O/c1-5-6-13-19(4)16(20)11-12-17-14-7-9-15(10-8-14)18(2)3/h7-10,17H,5-6,11-13H2,1-4H3. The Morgan fingerprint density at radius 2 is 1.80 bits per heavy atom. The average molecular weight is 277 g/mol. The van der Waals surface area contributed by atoms with E-state index in [9.17, 15) is 4.79 Å². The highest BCUT2D eigenvalue weighted by Gasteiger charge is 2.07. The van der Waals surface area contributed by atoms with Crippen LogP contribution in [0.4, 0.5) is 11.4 Å². The van der Waals surface area contributed by atoms with Gasteiger partial charge in [0.25, 0.3) is 0 Å². The van der Waals surface area contributed by atoms with Gasteiger partial charge in [-0.25, -0.2) is 0 Å². The van der Waals surface area contributed by atoms with Crippen molar-refractivity contribution in [1.82, 2.24) is 4.90 Å². The molecule has 1 rings (SSSR count). The highest BCUT2D eigenvalue weighted by atomic mass is 16.2. The third-order valence-corrected chi connectivity index (χ3v) is 3.32. The van der Waals surface area contributed by atoms with Gasteiger partial charge in [-0.1, -0.05) is 13.3 Å². The number of carbonyl (C=O) groups excluding carboxylic acids is 1. The number of anilines is 2. The van der Waals surface area contributed by atoms with Crippen LogP contribution in [0.25, 0.3) is 0 Å². The smallest absolute Gasteiger partial charge is 0.224 e. The largest absolute Gasteiger partial charge is 0.385 e. The highest BCUT2D eigenvalue weighted by molar-refractivity contribution is 5.76. The van der Waals surface area contributed by atoms with Gasteiger partial charge in [-0.3, -0.25) is 4.79 Å². The number of hydrogen-bond acceptors (Lipinski definition) is 3. The quantitative estimate of drug-likeness (QED) is 0.793. The van der Waals surface area contributed by atoms with Crippen LogP contribution in [0.15, 0.2) is 24.3 Å². The summed E-state index contributed by atoms with van der Waals surface area (Å²) in [5, 5.41) is 3.29. The third kappa shape index (κ3) is 5.51. The van der Waals surface area contributed by atoms with Crippen molar-refractivity contribution in [2.45, 2.75) is 26.2 Å². The van der Waals surface area contributed by atoms with E-state index >= 15 is 0 Å². The van der Waals surface area contributed by atoms with E-state index < -0.39 is 0 Å². The van der Waals surface area contributed by atoms with E-state index in [1.54, 1.807) is 0 Å². The second-order valence-corrected chi connectivity index (χ2v) is 5.29. The van der Waals surface area contributed by atoms with Crippen LogP contribution < -0.4 is 10.2 Å². The zero-order valence-electron chi connectivity index (χ0n) is 13.1. The first-order chi connectivity index (χ1) is 9.54. The van der Waals surface area contributed by atoms with Gasteiger partial charge in [0.2, 0.25) is 5.91 Å². The number of hydrogen-bond donors (Lipinski definition) is 1. The Morgan fingerprint density at radius 1 is 1.15 bits per heavy atom. The van der Waals surface area contributed by atoms with Crippen LogP contribution in [-0.2, 0) is 4.79 Å². The van der Waals surface area contributed by atoms with Gasteiger partial charge < -0.3 is 15.1 Å². The Balaban J connectivity index is 2.31. The molecule has 112 valence electrons. The Morgan fingerprint density at radius 3 is 2.35 bits per heavy atom. The number of unbranched alkanes of at least 4 members (excludes halogenated alkanes) is 1. The molecule has 0 aliphatic heterocycles. The average Bonchev–Trinajstić information content (AvgIpc) is 2.45. The second-order valence-electron chi connectivity index (χ2n) is 5.29. The van der Waals surface area contributed by atoms with E-state index in [2.05, 4.69) is 29.3 Å². The number of rotatable bonds is 8. The Hall–Kier alpha value is -1.71. The molecule has 1 amide bonds. The molecular weight excluding hydrogens is 250 g/mol. The lowest BCUT2D eigenvalue weighted by molar-refractivity contribution is -0.129. The lowest BCUT2D eigenvalue weighted by Crippen LogP contribution is -2.29. The molecule has 1 aromatic carbocycles. The van der Waals surface area contributed by atoms with Crippen molar-refractivity contribution in [3.63, 3.8) is 0 Å². The van der Waals surface area contributed by atoms with Crippen LogP contribution >= 0.6 is 0 Å². The molecule has 1 N–H and O–H groups in total. The van der Waals surface area contributed by atoms with Crippen molar-refractivity contribution >= 4 is 17.3 Å². The maximum atomic E-state index is 11.9. The van der Waals surface area contributed by atoms with Gasteiger partial charge in [0.05, 0.1) is 0 Å². The minimum Gasteiger partial charge on any atom is -0.385 e. The van der Waals surface area contributed by atoms with Crippen molar-refractivity contribution < 1.29 is 4.79 Å². The minimum absolute atomic E-state index is 0.205. The summed E-state index contributed by atoms with van der Waals surface area (Å²) in [5.74, 6) is 0.205. The summed E-state index contributed by atoms with van der Waals surface area (Å²) in [5.41, 5.74) is 2.23. The molecule has 0 spiro atoms. The predicted octanol–water partition coefficient (Wildman–Crippen LogP) is 2.81. The van der Waals surface area contributed by atoms with Crippen LogP contribution in [0, 0.1) is 0 Å². The number of nitrogens with one attached hydrogen (secondary N) is 1. The van der Waals surface area contributed by atoms with E-state index in [1.807, 2.05) is 38.2 Å². The van der Waals surface area contributed by atoms with Gasteiger partial charge in [-0.2, -0.15) is 0 Å². The molecule has 20 heavy (non-hydrogen) atoms. The number of benzene rings is 1. The predicted molar refractivity (Wildman–Crippen MR) is 86.4 cm³/mol. The molecule has 0 unspecified atom stereocenters. The molecule has 4 heteroatoms. The van der Waals surface area contributed by atoms with Gasteiger partial charge in [0, 0.05) is 52.0 Å². The van der Waals surface area contributed by atoms with Crippen molar-refractivity contribution in [3.05, 3.63) is 24.3 Å². The molecule has 0 atom stereocenters. The number of amides is 1. The van der Waals surface area contributed by atoms with E-state index in [4.69, 9.17) is 0 Å². The topological polar surface area (TPSA) is 35.6 Å². The highest BCUT2D eigenvalue weighted by Crippen LogP contribution is 2.15. The zero-order chi connectivity index (χ0) is 15.0. The van der Waals surface area contributed by atoms with Gasteiger partial charge in [-0.05, 0) is 30.7 Å². The number of nitrogens with zero attached hydrogens (tertiary/aromatic N) is 2. The second kappa shape index (κ2) is 8.46. The summed E-state index contributed by atoms with van der Waals surface area (Å²) in [6.07, 6.45) is 2.73. The Labute approximate surface area is 122 Å². The van der Waals surface area contributed by atoms with Crippen molar-refractivity contribution in [1.29, 1.82) is 0 Å². The maximum Gasteiger partial charge on any atom is 0.224 e. The van der Waals surface area contributed by atoms with Crippen molar-refractivity contribution in [3.8, 4) is 0 Å². The minimum atomic E-state index is 0.205. The number of carbonyl (C=O) groups is 1. The normalized spacial score (nSPS) is 10.2. The zero-order valence-corrected chi connectivity index (χ0v) is 13.1. The Kier molecular flexibility index (Phi) is 6.91. The molecule has 0 saturated carbocycles. The molecule has 0 aliphatic carbocycles. The summed E-state index contributed by atoms with van der Waals surface area (Å²) < 4.78 is 0. The molecule has 0 radical (unpaired) electrons. The lowest BCUT2D eigenvalue weighted by atomic mass is 10.2. The molecule has 1 aromatic rings. The summed E-state index contributed by atoms with van der Waals surface area (Å²) in [6, 6.07) is 8.22. The summed E-state index contributed by atoms with van der Waals surface area (Å²) >= 11 is 0. The first-order valence-electron chi connectivity index (χ1n) is 7.29.